The van der Waals surface area contributed by atoms with E-state index in [-0.39, 0.29) is 11.1 Å². The Kier molecular flexibility index (Phi) is 4.93. The van der Waals surface area contributed by atoms with E-state index in [1.807, 2.05) is 0 Å². The maximum absolute atomic E-state index is 12.5. The van der Waals surface area contributed by atoms with Crippen LogP contribution in [0.4, 0.5) is 26.3 Å². The predicted octanol–water partition coefficient (Wildman–Crippen LogP) is 5.33. The maximum atomic E-state index is 12.5. The second kappa shape index (κ2) is 6.88. The molecule has 0 spiro atoms. The average Bonchev–Trinajstić information content (AvgIpc) is 2.61. The van der Waals surface area contributed by atoms with Gasteiger partial charge in [-0.05, 0) is 24.3 Å². The quantitative estimate of drug-likeness (QED) is 0.521. The third-order valence-electron chi connectivity index (χ3n) is 3.48. The van der Waals surface area contributed by atoms with Crippen molar-refractivity contribution in [2.45, 2.75) is 24.9 Å². The van der Waals surface area contributed by atoms with Crippen LogP contribution in [-0.2, 0) is 31.9 Å². The molecule has 1 saturated heterocycles. The van der Waals surface area contributed by atoms with Crippen LogP contribution in [0.15, 0.2) is 48.5 Å². The Bertz CT molecular complexity index is 666. The number of benzene rings is 2. The van der Waals surface area contributed by atoms with Crippen LogP contribution in [0.2, 0.25) is 0 Å². The Morgan fingerprint density at radius 3 is 1.00 bits per heavy atom. The second-order valence-electron chi connectivity index (χ2n) is 5.29. The molecule has 0 bridgehead atoms. The molecule has 0 aromatic heterocycles. The molecular formula is C16H10F6O4. The van der Waals surface area contributed by atoms with Crippen LogP contribution in [0.25, 0.3) is 0 Å². The molecule has 2 aromatic carbocycles. The fourth-order valence-electron chi connectivity index (χ4n) is 2.11. The molecule has 0 N–H and O–H groups in total. The highest BCUT2D eigenvalue weighted by Crippen LogP contribution is 2.35. The minimum Gasteiger partial charge on any atom is -0.193 e. The Morgan fingerprint density at radius 1 is 0.500 bits per heavy atom. The van der Waals surface area contributed by atoms with Crippen molar-refractivity contribution < 1.29 is 45.9 Å². The molecule has 1 aliphatic heterocycles. The Hall–Kier alpha value is -2.14. The van der Waals surface area contributed by atoms with Gasteiger partial charge in [0.2, 0.25) is 12.6 Å². The van der Waals surface area contributed by atoms with Crippen molar-refractivity contribution in [3.05, 3.63) is 70.8 Å². The summed E-state index contributed by atoms with van der Waals surface area (Å²) in [4.78, 5) is 19.6. The SMILES string of the molecule is FC(F)(F)c1ccc(C2OOC(c3ccc(C(F)(F)F)cc3)OO2)cc1. The standard InChI is InChI=1S/C16H10F6O4/c17-15(18,19)11-5-1-9(2-6-11)13-23-25-14(26-24-13)10-3-7-12(8-4-10)16(20,21)22/h1-8,13-14H. The third kappa shape index (κ3) is 4.15. The lowest BCUT2D eigenvalue weighted by atomic mass is 10.1. The van der Waals surface area contributed by atoms with Crippen LogP contribution in [0.1, 0.15) is 34.8 Å². The van der Waals surface area contributed by atoms with Crippen molar-refractivity contribution in [1.29, 1.82) is 0 Å². The molecule has 1 fully saturated rings. The van der Waals surface area contributed by atoms with Gasteiger partial charge in [-0.15, -0.1) is 0 Å². The Labute approximate surface area is 142 Å². The van der Waals surface area contributed by atoms with Gasteiger partial charge < -0.3 is 0 Å². The summed E-state index contributed by atoms with van der Waals surface area (Å²) in [7, 11) is 0. The van der Waals surface area contributed by atoms with Crippen molar-refractivity contribution in [3.8, 4) is 0 Å². The van der Waals surface area contributed by atoms with E-state index in [0.717, 1.165) is 48.5 Å². The molecule has 0 atom stereocenters. The lowest BCUT2D eigenvalue weighted by molar-refractivity contribution is -0.600. The predicted molar refractivity (Wildman–Crippen MR) is 72.7 cm³/mol. The number of halogens is 6. The number of rotatable bonds is 2. The molecule has 140 valence electrons. The van der Waals surface area contributed by atoms with Gasteiger partial charge in [0.1, 0.15) is 0 Å². The van der Waals surface area contributed by atoms with E-state index < -0.39 is 36.1 Å². The minimum atomic E-state index is -4.48. The molecule has 0 aliphatic carbocycles. The van der Waals surface area contributed by atoms with Crippen molar-refractivity contribution in [2.24, 2.45) is 0 Å². The van der Waals surface area contributed by atoms with Gasteiger partial charge in [0.25, 0.3) is 0 Å². The summed E-state index contributed by atoms with van der Waals surface area (Å²) in [5.41, 5.74) is -1.30. The fraction of sp³-hybridized carbons (Fsp3) is 0.250. The molecule has 0 amide bonds. The van der Waals surface area contributed by atoms with E-state index in [9.17, 15) is 26.3 Å². The highest BCUT2D eigenvalue weighted by molar-refractivity contribution is 5.26. The zero-order chi connectivity index (χ0) is 18.9. The molecule has 4 nitrogen and oxygen atoms in total. The van der Waals surface area contributed by atoms with Gasteiger partial charge in [0.15, 0.2) is 0 Å². The smallest absolute Gasteiger partial charge is 0.193 e. The van der Waals surface area contributed by atoms with E-state index >= 15 is 0 Å². The Balaban J connectivity index is 1.62. The first-order valence-electron chi connectivity index (χ1n) is 7.13. The maximum Gasteiger partial charge on any atom is 0.416 e. The number of alkyl halides is 6. The summed E-state index contributed by atoms with van der Waals surface area (Å²) in [6.45, 7) is 0. The topological polar surface area (TPSA) is 36.9 Å². The van der Waals surface area contributed by atoms with Crippen molar-refractivity contribution >= 4 is 0 Å². The normalized spacial score (nSPS) is 21.6. The molecule has 2 aromatic rings. The zero-order valence-corrected chi connectivity index (χ0v) is 12.7. The van der Waals surface area contributed by atoms with Gasteiger partial charge in [-0.1, -0.05) is 24.3 Å². The van der Waals surface area contributed by atoms with Gasteiger partial charge in [0, 0.05) is 11.1 Å². The molecular weight excluding hydrogens is 370 g/mol. The van der Waals surface area contributed by atoms with E-state index in [1.54, 1.807) is 0 Å². The van der Waals surface area contributed by atoms with Gasteiger partial charge in [-0.2, -0.15) is 45.9 Å². The van der Waals surface area contributed by atoms with Gasteiger partial charge in [-0.25, -0.2) is 0 Å². The largest absolute Gasteiger partial charge is 0.416 e. The van der Waals surface area contributed by atoms with Crippen LogP contribution in [0, 0.1) is 0 Å². The van der Waals surface area contributed by atoms with Crippen LogP contribution in [0.5, 0.6) is 0 Å². The van der Waals surface area contributed by atoms with Crippen LogP contribution < -0.4 is 0 Å². The molecule has 1 aliphatic rings. The lowest BCUT2D eigenvalue weighted by Gasteiger charge is -2.27. The lowest BCUT2D eigenvalue weighted by Crippen LogP contribution is -2.22. The molecule has 1 heterocycles. The van der Waals surface area contributed by atoms with E-state index in [1.165, 1.54) is 0 Å². The molecule has 0 radical (unpaired) electrons. The first-order chi connectivity index (χ1) is 12.1. The average molecular weight is 380 g/mol. The summed E-state index contributed by atoms with van der Waals surface area (Å²) in [5.74, 6) is 0. The van der Waals surface area contributed by atoms with Crippen molar-refractivity contribution in [2.75, 3.05) is 0 Å². The number of hydrogen-bond acceptors (Lipinski definition) is 4. The first-order valence-corrected chi connectivity index (χ1v) is 7.13. The summed E-state index contributed by atoms with van der Waals surface area (Å²) in [6, 6.07) is 7.84. The van der Waals surface area contributed by atoms with Crippen LogP contribution in [0.3, 0.4) is 0 Å². The van der Waals surface area contributed by atoms with Crippen molar-refractivity contribution in [1.82, 2.24) is 0 Å². The summed E-state index contributed by atoms with van der Waals surface area (Å²) < 4.78 is 75.1. The van der Waals surface area contributed by atoms with Crippen LogP contribution >= 0.6 is 0 Å². The third-order valence-corrected chi connectivity index (χ3v) is 3.48. The van der Waals surface area contributed by atoms with E-state index in [0.29, 0.717) is 0 Å². The minimum absolute atomic E-state index is 0.198. The second-order valence-corrected chi connectivity index (χ2v) is 5.29. The molecule has 10 heteroatoms. The fourth-order valence-corrected chi connectivity index (χ4v) is 2.11. The van der Waals surface area contributed by atoms with Gasteiger partial charge in [0.05, 0.1) is 11.1 Å². The summed E-state index contributed by atoms with van der Waals surface area (Å²) >= 11 is 0. The van der Waals surface area contributed by atoms with Crippen molar-refractivity contribution in [3.63, 3.8) is 0 Å². The molecule has 0 saturated carbocycles. The number of hydrogen-bond donors (Lipinski definition) is 0. The molecule has 3 rings (SSSR count). The highest BCUT2D eigenvalue weighted by atomic mass is 19.4. The summed E-state index contributed by atoms with van der Waals surface area (Å²) in [5, 5.41) is 0. The summed E-state index contributed by atoms with van der Waals surface area (Å²) in [6.07, 6.45) is -11.5. The first kappa shape index (κ1) is 18.6. The molecule has 0 unspecified atom stereocenters. The van der Waals surface area contributed by atoms with E-state index in [2.05, 4.69) is 0 Å². The Morgan fingerprint density at radius 2 is 0.769 bits per heavy atom. The molecule has 26 heavy (non-hydrogen) atoms. The van der Waals surface area contributed by atoms with Gasteiger partial charge in [-0.3, -0.25) is 0 Å². The highest BCUT2D eigenvalue weighted by Gasteiger charge is 2.33. The van der Waals surface area contributed by atoms with Gasteiger partial charge >= 0.3 is 12.4 Å². The van der Waals surface area contributed by atoms with Crippen LogP contribution in [-0.4, -0.2) is 0 Å². The zero-order valence-electron chi connectivity index (χ0n) is 12.7. The van der Waals surface area contributed by atoms with E-state index in [4.69, 9.17) is 19.6 Å². The monoisotopic (exact) mass is 380 g/mol.